The number of benzene rings is 1. The molecule has 2 nitrogen and oxygen atoms in total. The third kappa shape index (κ3) is 3.20. The highest BCUT2D eigenvalue weighted by Gasteiger charge is 2.07. The van der Waals surface area contributed by atoms with Crippen molar-refractivity contribution < 1.29 is 5.11 Å². The lowest BCUT2D eigenvalue weighted by atomic mass is 10.1. The second-order valence-electron chi connectivity index (χ2n) is 3.29. The molecule has 0 fully saturated rings. The zero-order valence-corrected chi connectivity index (χ0v) is 9.09. The number of hydrogen-bond donors (Lipinski definition) is 2. The third-order valence-electron chi connectivity index (χ3n) is 2.09. The molecule has 3 heteroatoms. The molecule has 0 radical (unpaired) electrons. The van der Waals surface area contributed by atoms with E-state index >= 15 is 0 Å². The first kappa shape index (κ1) is 11.3. The number of anilines is 1. The van der Waals surface area contributed by atoms with Crippen LogP contribution in [-0.2, 0) is 0 Å². The summed E-state index contributed by atoms with van der Waals surface area (Å²) in [5.41, 5.74) is 0.890. The van der Waals surface area contributed by atoms with Crippen molar-refractivity contribution in [3.05, 3.63) is 29.3 Å². The standard InChI is InChI=1S/C11H16ClNO/c1-2-5-9(8-14)13-11-7-4-3-6-10(11)12/h3-4,6-7,9,13-14H,2,5,8H2,1H3. The average molecular weight is 214 g/mol. The largest absolute Gasteiger partial charge is 0.394 e. The van der Waals surface area contributed by atoms with Crippen molar-refractivity contribution in [1.82, 2.24) is 0 Å². The van der Waals surface area contributed by atoms with Crippen LogP contribution in [0.4, 0.5) is 5.69 Å². The van der Waals surface area contributed by atoms with E-state index in [1.165, 1.54) is 0 Å². The maximum atomic E-state index is 9.10. The van der Waals surface area contributed by atoms with Gasteiger partial charge < -0.3 is 10.4 Å². The van der Waals surface area contributed by atoms with Gasteiger partial charge in [-0.3, -0.25) is 0 Å². The van der Waals surface area contributed by atoms with E-state index in [0.717, 1.165) is 18.5 Å². The van der Waals surface area contributed by atoms with Gasteiger partial charge in [0.1, 0.15) is 0 Å². The SMILES string of the molecule is CCCC(CO)Nc1ccccc1Cl. The molecule has 1 aromatic carbocycles. The maximum absolute atomic E-state index is 9.10. The van der Waals surface area contributed by atoms with Gasteiger partial charge in [-0.1, -0.05) is 37.1 Å². The van der Waals surface area contributed by atoms with Gasteiger partial charge in [0.2, 0.25) is 0 Å². The minimum atomic E-state index is 0.0971. The molecule has 1 unspecified atom stereocenters. The quantitative estimate of drug-likeness (QED) is 0.789. The molecular weight excluding hydrogens is 198 g/mol. The number of nitrogens with one attached hydrogen (secondary N) is 1. The minimum Gasteiger partial charge on any atom is -0.394 e. The Kier molecular flexibility index (Phi) is 4.77. The van der Waals surface area contributed by atoms with Gasteiger partial charge >= 0.3 is 0 Å². The molecule has 0 amide bonds. The first-order valence-electron chi connectivity index (χ1n) is 4.89. The number of para-hydroxylation sites is 1. The lowest BCUT2D eigenvalue weighted by Gasteiger charge is -2.17. The van der Waals surface area contributed by atoms with E-state index in [-0.39, 0.29) is 12.6 Å². The van der Waals surface area contributed by atoms with Crippen LogP contribution in [0.3, 0.4) is 0 Å². The first-order chi connectivity index (χ1) is 6.77. The molecule has 0 bridgehead atoms. The summed E-state index contributed by atoms with van der Waals surface area (Å²) in [7, 11) is 0. The predicted molar refractivity (Wildman–Crippen MR) is 60.9 cm³/mol. The Bertz CT molecular complexity index is 278. The molecule has 1 atom stereocenters. The molecule has 14 heavy (non-hydrogen) atoms. The maximum Gasteiger partial charge on any atom is 0.0637 e. The van der Waals surface area contributed by atoms with Crippen LogP contribution in [-0.4, -0.2) is 17.8 Å². The summed E-state index contributed by atoms with van der Waals surface area (Å²) in [6, 6.07) is 7.67. The van der Waals surface area contributed by atoms with E-state index in [1.54, 1.807) is 0 Å². The third-order valence-corrected chi connectivity index (χ3v) is 2.42. The Labute approximate surface area is 89.9 Å². The van der Waals surface area contributed by atoms with Crippen LogP contribution in [0.25, 0.3) is 0 Å². The van der Waals surface area contributed by atoms with Crippen molar-refractivity contribution in [3.8, 4) is 0 Å². The van der Waals surface area contributed by atoms with Crippen LogP contribution in [0.2, 0.25) is 5.02 Å². The summed E-state index contributed by atoms with van der Waals surface area (Å²) < 4.78 is 0. The summed E-state index contributed by atoms with van der Waals surface area (Å²) in [4.78, 5) is 0. The highest BCUT2D eigenvalue weighted by atomic mass is 35.5. The smallest absolute Gasteiger partial charge is 0.0637 e. The molecule has 0 aromatic heterocycles. The second-order valence-corrected chi connectivity index (χ2v) is 3.70. The monoisotopic (exact) mass is 213 g/mol. The van der Waals surface area contributed by atoms with Crippen LogP contribution in [0, 0.1) is 0 Å². The molecule has 2 N–H and O–H groups in total. The van der Waals surface area contributed by atoms with Gasteiger partial charge in [-0.25, -0.2) is 0 Å². The Morgan fingerprint density at radius 2 is 2.14 bits per heavy atom. The molecule has 1 aromatic rings. The Morgan fingerprint density at radius 3 is 2.71 bits per heavy atom. The number of hydrogen-bond acceptors (Lipinski definition) is 2. The average Bonchev–Trinajstić information content (AvgIpc) is 2.20. The van der Waals surface area contributed by atoms with Gasteiger partial charge in [-0.05, 0) is 18.6 Å². The molecule has 78 valence electrons. The van der Waals surface area contributed by atoms with Crippen LogP contribution in [0.15, 0.2) is 24.3 Å². The number of aliphatic hydroxyl groups is 1. The Morgan fingerprint density at radius 1 is 1.43 bits per heavy atom. The van der Waals surface area contributed by atoms with E-state index in [0.29, 0.717) is 5.02 Å². The molecule has 0 heterocycles. The van der Waals surface area contributed by atoms with E-state index < -0.39 is 0 Å². The lowest BCUT2D eigenvalue weighted by Crippen LogP contribution is -2.23. The summed E-state index contributed by atoms with van der Waals surface area (Å²) in [5.74, 6) is 0. The number of rotatable bonds is 5. The summed E-state index contributed by atoms with van der Waals surface area (Å²) in [6.45, 7) is 2.23. The number of halogens is 1. The van der Waals surface area contributed by atoms with Crippen molar-refractivity contribution >= 4 is 17.3 Å². The fraction of sp³-hybridized carbons (Fsp3) is 0.455. The summed E-state index contributed by atoms with van der Waals surface area (Å²) >= 11 is 5.98. The summed E-state index contributed by atoms with van der Waals surface area (Å²) in [5, 5.41) is 13.0. The molecule has 0 aliphatic rings. The second kappa shape index (κ2) is 5.89. The van der Waals surface area contributed by atoms with E-state index in [9.17, 15) is 0 Å². The molecular formula is C11H16ClNO. The topological polar surface area (TPSA) is 32.3 Å². The minimum absolute atomic E-state index is 0.0971. The van der Waals surface area contributed by atoms with Crippen LogP contribution < -0.4 is 5.32 Å². The van der Waals surface area contributed by atoms with Crippen LogP contribution in [0.1, 0.15) is 19.8 Å². The van der Waals surface area contributed by atoms with E-state index in [2.05, 4.69) is 12.2 Å². The van der Waals surface area contributed by atoms with Gasteiger partial charge in [-0.2, -0.15) is 0 Å². The highest BCUT2D eigenvalue weighted by molar-refractivity contribution is 6.33. The van der Waals surface area contributed by atoms with Crippen molar-refractivity contribution in [2.45, 2.75) is 25.8 Å². The fourth-order valence-electron chi connectivity index (χ4n) is 1.36. The predicted octanol–water partition coefficient (Wildman–Crippen LogP) is 2.91. The Balaban J connectivity index is 2.62. The normalized spacial score (nSPS) is 12.5. The van der Waals surface area contributed by atoms with Crippen molar-refractivity contribution in [3.63, 3.8) is 0 Å². The van der Waals surface area contributed by atoms with E-state index in [4.69, 9.17) is 16.7 Å². The fourth-order valence-corrected chi connectivity index (χ4v) is 1.55. The van der Waals surface area contributed by atoms with Crippen LogP contribution in [0.5, 0.6) is 0 Å². The molecule has 0 saturated heterocycles. The van der Waals surface area contributed by atoms with Gasteiger partial charge in [0.05, 0.1) is 17.3 Å². The van der Waals surface area contributed by atoms with Crippen molar-refractivity contribution in [2.75, 3.05) is 11.9 Å². The van der Waals surface area contributed by atoms with E-state index in [1.807, 2.05) is 24.3 Å². The van der Waals surface area contributed by atoms with Gasteiger partial charge in [0.25, 0.3) is 0 Å². The van der Waals surface area contributed by atoms with Crippen molar-refractivity contribution in [2.24, 2.45) is 0 Å². The Hall–Kier alpha value is -0.730. The molecule has 1 rings (SSSR count). The van der Waals surface area contributed by atoms with Gasteiger partial charge in [0.15, 0.2) is 0 Å². The van der Waals surface area contributed by atoms with Gasteiger partial charge in [0, 0.05) is 6.04 Å². The zero-order valence-electron chi connectivity index (χ0n) is 8.33. The number of aliphatic hydroxyl groups excluding tert-OH is 1. The molecule has 0 spiro atoms. The lowest BCUT2D eigenvalue weighted by molar-refractivity contribution is 0.268. The summed E-state index contributed by atoms with van der Waals surface area (Å²) in [6.07, 6.45) is 1.99. The molecule has 0 saturated carbocycles. The highest BCUT2D eigenvalue weighted by Crippen LogP contribution is 2.21. The molecule has 0 aliphatic heterocycles. The van der Waals surface area contributed by atoms with Crippen molar-refractivity contribution in [1.29, 1.82) is 0 Å². The first-order valence-corrected chi connectivity index (χ1v) is 5.27. The molecule has 0 aliphatic carbocycles. The van der Waals surface area contributed by atoms with Crippen LogP contribution >= 0.6 is 11.6 Å². The zero-order chi connectivity index (χ0) is 10.4. The van der Waals surface area contributed by atoms with Gasteiger partial charge in [-0.15, -0.1) is 0 Å².